The molecule has 0 saturated carbocycles. The minimum atomic E-state index is 0.697. The van der Waals surface area contributed by atoms with E-state index in [1.807, 2.05) is 6.92 Å². The Labute approximate surface area is 53.0 Å². The van der Waals surface area contributed by atoms with Gasteiger partial charge in [-0.2, -0.15) is 5.21 Å². The van der Waals surface area contributed by atoms with Crippen molar-refractivity contribution in [3.63, 3.8) is 0 Å². The van der Waals surface area contributed by atoms with E-state index in [1.54, 1.807) is 0 Å². The fraction of sp³-hybridized carbons (Fsp3) is 0.400. The van der Waals surface area contributed by atoms with Crippen LogP contribution in [0.15, 0.2) is 12.2 Å². The molecule has 48 valence electrons. The molecule has 0 atom stereocenters. The van der Waals surface area contributed by atoms with Crippen LogP contribution in [0.5, 0.6) is 0 Å². The maximum absolute atomic E-state index is 3.75. The summed E-state index contributed by atoms with van der Waals surface area (Å²) in [7, 11) is 0. The van der Waals surface area contributed by atoms with Gasteiger partial charge in [0.25, 0.3) is 0 Å². The van der Waals surface area contributed by atoms with E-state index < -0.39 is 0 Å². The van der Waals surface area contributed by atoms with Gasteiger partial charge in [-0.25, -0.2) is 0 Å². The summed E-state index contributed by atoms with van der Waals surface area (Å²) in [4.78, 5) is 0. The first-order chi connectivity index (χ1) is 4.29. The molecule has 0 aliphatic carbocycles. The Morgan fingerprint density at radius 1 is 1.78 bits per heavy atom. The molecule has 1 heterocycles. The molecule has 1 aromatic rings. The third-order valence-corrected chi connectivity index (χ3v) is 0.849. The van der Waals surface area contributed by atoms with Gasteiger partial charge >= 0.3 is 0 Å². The lowest BCUT2D eigenvalue weighted by Gasteiger charge is -1.87. The van der Waals surface area contributed by atoms with Crippen LogP contribution < -0.4 is 0 Å². The fourth-order valence-electron chi connectivity index (χ4n) is 0.527. The number of nitrogens with zero attached hydrogens (tertiary/aromatic N) is 3. The predicted octanol–water partition coefficient (Wildman–Crippen LogP) is 0.318. The number of aromatic amines is 1. The van der Waals surface area contributed by atoms with Crippen LogP contribution >= 0.6 is 0 Å². The van der Waals surface area contributed by atoms with Gasteiger partial charge in [-0.3, -0.25) is 0 Å². The number of allylic oxidation sites excluding steroid dienone is 1. The second kappa shape index (κ2) is 2.39. The van der Waals surface area contributed by atoms with E-state index in [1.165, 1.54) is 0 Å². The molecule has 0 fully saturated rings. The van der Waals surface area contributed by atoms with Gasteiger partial charge in [-0.1, -0.05) is 17.4 Å². The van der Waals surface area contributed by atoms with E-state index in [2.05, 4.69) is 27.2 Å². The fourth-order valence-corrected chi connectivity index (χ4v) is 0.527. The molecule has 4 nitrogen and oxygen atoms in total. The van der Waals surface area contributed by atoms with E-state index >= 15 is 0 Å². The molecule has 4 heteroatoms. The smallest absolute Gasteiger partial charge is 0.177 e. The van der Waals surface area contributed by atoms with Crippen molar-refractivity contribution in [1.29, 1.82) is 0 Å². The number of hydrogen-bond donors (Lipinski definition) is 1. The maximum atomic E-state index is 3.75. The standard InChI is InChI=1S/C5H8N4/c1-4(2)3-5-6-8-9-7-5/h1,3H2,2H3,(H,6,7,8,9). The molecule has 1 N–H and O–H groups in total. The third kappa shape index (κ3) is 1.64. The van der Waals surface area contributed by atoms with Crippen molar-refractivity contribution in [1.82, 2.24) is 20.6 Å². The Morgan fingerprint density at radius 2 is 2.56 bits per heavy atom. The second-order valence-corrected chi connectivity index (χ2v) is 1.96. The minimum absolute atomic E-state index is 0.697. The molecule has 1 rings (SSSR count). The number of aromatic nitrogens is 4. The molecule has 0 bridgehead atoms. The molecule has 0 aliphatic rings. The molecule has 1 aromatic heterocycles. The van der Waals surface area contributed by atoms with Crippen LogP contribution in [0, 0.1) is 0 Å². The van der Waals surface area contributed by atoms with Crippen LogP contribution in [0.2, 0.25) is 0 Å². The van der Waals surface area contributed by atoms with Crippen LogP contribution in [0.4, 0.5) is 0 Å². The Kier molecular flexibility index (Phi) is 1.58. The lowest BCUT2D eigenvalue weighted by molar-refractivity contribution is 0.881. The van der Waals surface area contributed by atoms with Crippen LogP contribution in [0.3, 0.4) is 0 Å². The molecule has 0 radical (unpaired) electrons. The van der Waals surface area contributed by atoms with Gasteiger partial charge in [-0.05, 0) is 6.92 Å². The first-order valence-electron chi connectivity index (χ1n) is 2.66. The van der Waals surface area contributed by atoms with Crippen LogP contribution in [0.1, 0.15) is 12.7 Å². The molecule has 0 aliphatic heterocycles. The average molecular weight is 124 g/mol. The molecular formula is C5H8N4. The zero-order valence-corrected chi connectivity index (χ0v) is 5.26. The lowest BCUT2D eigenvalue weighted by Crippen LogP contribution is -1.87. The van der Waals surface area contributed by atoms with Crippen molar-refractivity contribution in [2.45, 2.75) is 13.3 Å². The molecule has 0 spiro atoms. The summed E-state index contributed by atoms with van der Waals surface area (Å²) in [5.41, 5.74) is 1.04. The summed E-state index contributed by atoms with van der Waals surface area (Å²) in [6.07, 6.45) is 0.705. The lowest BCUT2D eigenvalue weighted by atomic mass is 10.2. The summed E-state index contributed by atoms with van der Waals surface area (Å²) in [6.45, 7) is 5.64. The van der Waals surface area contributed by atoms with E-state index in [0.717, 1.165) is 5.57 Å². The van der Waals surface area contributed by atoms with Crippen molar-refractivity contribution >= 4 is 0 Å². The van der Waals surface area contributed by atoms with Gasteiger partial charge in [0.15, 0.2) is 5.82 Å². The van der Waals surface area contributed by atoms with Crippen LogP contribution in [-0.2, 0) is 6.42 Å². The molecule has 0 saturated heterocycles. The van der Waals surface area contributed by atoms with E-state index in [4.69, 9.17) is 0 Å². The SMILES string of the molecule is C=C(C)Cc1nn[nH]n1. The van der Waals surface area contributed by atoms with Gasteiger partial charge in [0.2, 0.25) is 0 Å². The van der Waals surface area contributed by atoms with Crippen LogP contribution in [0.25, 0.3) is 0 Å². The number of tetrazole rings is 1. The second-order valence-electron chi connectivity index (χ2n) is 1.96. The zero-order valence-electron chi connectivity index (χ0n) is 5.26. The monoisotopic (exact) mass is 124 g/mol. The van der Waals surface area contributed by atoms with Crippen LogP contribution in [-0.4, -0.2) is 20.6 Å². The molecule has 0 unspecified atom stereocenters. The summed E-state index contributed by atoms with van der Waals surface area (Å²) >= 11 is 0. The quantitative estimate of drug-likeness (QED) is 0.577. The Morgan fingerprint density at radius 3 is 3.00 bits per heavy atom. The minimum Gasteiger partial charge on any atom is -0.177 e. The molecular weight excluding hydrogens is 116 g/mol. The molecule has 0 aromatic carbocycles. The van der Waals surface area contributed by atoms with Gasteiger partial charge in [0.1, 0.15) is 0 Å². The van der Waals surface area contributed by atoms with E-state index in [9.17, 15) is 0 Å². The van der Waals surface area contributed by atoms with Crippen molar-refractivity contribution < 1.29 is 0 Å². The number of H-pyrrole nitrogens is 1. The van der Waals surface area contributed by atoms with E-state index in [0.29, 0.717) is 12.2 Å². The predicted molar refractivity (Wildman–Crippen MR) is 32.7 cm³/mol. The Balaban J connectivity index is 2.58. The van der Waals surface area contributed by atoms with Gasteiger partial charge in [-0.15, -0.1) is 10.2 Å². The van der Waals surface area contributed by atoms with Crippen molar-refractivity contribution in [2.75, 3.05) is 0 Å². The molecule has 0 amide bonds. The maximum Gasteiger partial charge on any atom is 0.178 e. The highest BCUT2D eigenvalue weighted by molar-refractivity contribution is 4.98. The zero-order chi connectivity index (χ0) is 6.69. The Hall–Kier alpha value is -1.19. The molecule has 9 heavy (non-hydrogen) atoms. The van der Waals surface area contributed by atoms with Crippen molar-refractivity contribution in [3.8, 4) is 0 Å². The normalized spacial score (nSPS) is 9.44. The van der Waals surface area contributed by atoms with E-state index in [-0.39, 0.29) is 0 Å². The highest BCUT2D eigenvalue weighted by Crippen LogP contribution is 1.94. The van der Waals surface area contributed by atoms with Gasteiger partial charge < -0.3 is 0 Å². The Bertz CT molecular complexity index is 189. The first-order valence-corrected chi connectivity index (χ1v) is 2.66. The summed E-state index contributed by atoms with van der Waals surface area (Å²) in [5, 5.41) is 13.3. The summed E-state index contributed by atoms with van der Waals surface area (Å²) < 4.78 is 0. The summed E-state index contributed by atoms with van der Waals surface area (Å²) in [5.74, 6) is 0.697. The number of hydrogen-bond acceptors (Lipinski definition) is 3. The average Bonchev–Trinajstić information content (AvgIpc) is 2.15. The number of rotatable bonds is 2. The highest BCUT2D eigenvalue weighted by atomic mass is 15.5. The highest BCUT2D eigenvalue weighted by Gasteiger charge is 1.95. The van der Waals surface area contributed by atoms with Gasteiger partial charge in [0.05, 0.1) is 0 Å². The first kappa shape index (κ1) is 5.94. The topological polar surface area (TPSA) is 54.5 Å². The third-order valence-electron chi connectivity index (χ3n) is 0.849. The largest absolute Gasteiger partial charge is 0.178 e. The summed E-state index contributed by atoms with van der Waals surface area (Å²) in [6, 6.07) is 0. The number of nitrogens with one attached hydrogen (secondary N) is 1. The van der Waals surface area contributed by atoms with Crippen molar-refractivity contribution in [2.24, 2.45) is 0 Å². The van der Waals surface area contributed by atoms with Gasteiger partial charge in [0, 0.05) is 6.42 Å². The van der Waals surface area contributed by atoms with Crippen molar-refractivity contribution in [3.05, 3.63) is 18.0 Å².